The summed E-state index contributed by atoms with van der Waals surface area (Å²) in [5.41, 5.74) is 5.12. The van der Waals surface area contributed by atoms with E-state index in [2.05, 4.69) is 36.4 Å². The van der Waals surface area contributed by atoms with Crippen LogP contribution in [0.5, 0.6) is 11.5 Å². The van der Waals surface area contributed by atoms with Crippen LogP contribution in [0.1, 0.15) is 17.5 Å². The molecule has 0 bridgehead atoms. The van der Waals surface area contributed by atoms with Crippen molar-refractivity contribution in [2.75, 3.05) is 0 Å². The summed E-state index contributed by atoms with van der Waals surface area (Å²) in [5.74, 6) is 4.03. The highest BCUT2D eigenvalue weighted by molar-refractivity contribution is 5.69. The Bertz CT molecular complexity index is 978. The quantitative estimate of drug-likeness (QED) is 0.579. The first-order chi connectivity index (χ1) is 12.9. The maximum atomic E-state index is 8.49. The second-order valence-electron chi connectivity index (χ2n) is 6.28. The molecule has 0 fully saturated rings. The Morgan fingerprint density at radius 2 is 1.56 bits per heavy atom. The fourth-order valence-electron chi connectivity index (χ4n) is 3.34. The normalized spacial score (nSPS) is 16.7. The van der Waals surface area contributed by atoms with Crippen molar-refractivity contribution in [3.05, 3.63) is 88.4 Å². The number of para-hydroxylation sites is 2. The van der Waals surface area contributed by atoms with Crippen LogP contribution in [0.3, 0.4) is 0 Å². The van der Waals surface area contributed by atoms with Gasteiger partial charge in [0.05, 0.1) is 11.6 Å². The Morgan fingerprint density at radius 1 is 0.852 bits per heavy atom. The van der Waals surface area contributed by atoms with Crippen LogP contribution in [0.15, 0.2) is 77.3 Å². The molecule has 7 heteroatoms. The number of aromatic hydroxyl groups is 1. The van der Waals surface area contributed by atoms with Gasteiger partial charge in [-0.3, -0.25) is 0 Å². The molecule has 2 heterocycles. The second kappa shape index (κ2) is 6.84. The molecule has 1 N–H and O–H groups in total. The molecule has 0 unspecified atom stereocenters. The standard InChI is InChI=1S/C20H14O2.ClHO4/c1-3-7-17-13(5-1)9-15-11-16-10-14-6-2-4-8-18(14)22-20(16)12-19(15)21-17;2-1(3,4)5/h1-9,12H,10-11H2;(H,2,3,4,5). The minimum atomic E-state index is -4.94. The van der Waals surface area contributed by atoms with Crippen molar-refractivity contribution in [3.63, 3.8) is 0 Å². The molecule has 27 heavy (non-hydrogen) atoms. The first-order valence-corrected chi connectivity index (χ1v) is 9.43. The third-order valence-electron chi connectivity index (χ3n) is 4.46. The number of fused-ring (bicyclic) bond motifs is 3. The molecule has 0 aromatic heterocycles. The molecule has 0 saturated carbocycles. The first kappa shape index (κ1) is 17.8. The van der Waals surface area contributed by atoms with E-state index >= 15 is 0 Å². The van der Waals surface area contributed by atoms with Crippen LogP contribution in [-0.2, 0) is 6.42 Å². The summed E-state index contributed by atoms with van der Waals surface area (Å²) < 4.78 is 44.9. The van der Waals surface area contributed by atoms with E-state index in [1.807, 2.05) is 24.3 Å². The molecule has 0 atom stereocenters. The number of ether oxygens (including phenoxy) is 2. The minimum absolute atomic E-state index is 0.924. The van der Waals surface area contributed by atoms with Gasteiger partial charge in [-0.25, -0.2) is 18.6 Å². The summed E-state index contributed by atoms with van der Waals surface area (Å²) in [6.45, 7) is 0. The Balaban J connectivity index is 0.000000323. The average molecular weight is 387 g/mol. The maximum Gasteiger partial charge on any atom is 0.264 e. The average Bonchev–Trinajstić information content (AvgIpc) is 2.61. The number of hydrogen-bond donors (Lipinski definition) is 0. The lowest BCUT2D eigenvalue weighted by atomic mass is 9.88. The van der Waals surface area contributed by atoms with E-state index < -0.39 is 10.2 Å². The van der Waals surface area contributed by atoms with E-state index in [-0.39, 0.29) is 0 Å². The third-order valence-corrected chi connectivity index (χ3v) is 4.46. The van der Waals surface area contributed by atoms with Crippen LogP contribution in [0.25, 0.3) is 6.08 Å². The SMILES string of the molecule is C1=C2CC3=C(C=C2Oc2ccccc21)[OH+]c1ccccc1C3.[O-][Cl+3]([O-])([O-])[O-]. The van der Waals surface area contributed by atoms with Gasteiger partial charge in [0.2, 0.25) is 0 Å². The van der Waals surface area contributed by atoms with Crippen molar-refractivity contribution < 1.29 is 38.4 Å². The summed E-state index contributed by atoms with van der Waals surface area (Å²) in [7, 11) is -4.94. The first-order valence-electron chi connectivity index (χ1n) is 8.20. The molecular formula is C20H15ClO6. The lowest BCUT2D eigenvalue weighted by Crippen LogP contribution is -2.68. The van der Waals surface area contributed by atoms with Crippen LogP contribution in [0.4, 0.5) is 0 Å². The van der Waals surface area contributed by atoms with Gasteiger partial charge < -0.3 is 9.47 Å². The molecule has 2 aliphatic heterocycles. The minimum Gasteiger partial charge on any atom is -0.546 e. The van der Waals surface area contributed by atoms with E-state index in [9.17, 15) is 0 Å². The van der Waals surface area contributed by atoms with Crippen LogP contribution in [-0.4, -0.2) is 4.74 Å². The molecule has 2 aromatic carbocycles. The van der Waals surface area contributed by atoms with Crippen molar-refractivity contribution in [1.82, 2.24) is 0 Å². The smallest absolute Gasteiger partial charge is 0.264 e. The molecule has 0 spiro atoms. The Kier molecular flexibility index (Phi) is 4.51. The summed E-state index contributed by atoms with van der Waals surface area (Å²) >= 11 is 0. The molecule has 5 rings (SSSR count). The van der Waals surface area contributed by atoms with Crippen LogP contribution < -0.4 is 23.4 Å². The largest absolute Gasteiger partial charge is 0.546 e. The monoisotopic (exact) mass is 386 g/mol. The number of benzene rings is 2. The van der Waals surface area contributed by atoms with Crippen LogP contribution in [0.2, 0.25) is 0 Å². The second-order valence-corrected chi connectivity index (χ2v) is 7.03. The zero-order valence-electron chi connectivity index (χ0n) is 14.1. The molecule has 138 valence electrons. The van der Waals surface area contributed by atoms with Crippen molar-refractivity contribution in [3.8, 4) is 11.5 Å². The van der Waals surface area contributed by atoms with E-state index in [0.29, 0.717) is 0 Å². The van der Waals surface area contributed by atoms with E-state index in [4.69, 9.17) is 28.1 Å². The number of aliphatic hydroxyl groups is 1. The van der Waals surface area contributed by atoms with Crippen LogP contribution >= 0.6 is 0 Å². The van der Waals surface area contributed by atoms with Gasteiger partial charge in [0.25, 0.3) is 11.5 Å². The lowest BCUT2D eigenvalue weighted by molar-refractivity contribution is -2.00. The highest BCUT2D eigenvalue weighted by atomic mass is 35.7. The van der Waals surface area contributed by atoms with Gasteiger partial charge >= 0.3 is 0 Å². The van der Waals surface area contributed by atoms with Crippen molar-refractivity contribution in [2.45, 2.75) is 12.8 Å². The van der Waals surface area contributed by atoms with E-state index in [0.717, 1.165) is 41.4 Å². The predicted octanol–water partition coefficient (Wildman–Crippen LogP) is -0.254. The van der Waals surface area contributed by atoms with E-state index in [1.165, 1.54) is 16.7 Å². The number of hydrogen-bond acceptors (Lipinski definition) is 5. The van der Waals surface area contributed by atoms with Gasteiger partial charge in [-0.2, -0.15) is 0 Å². The van der Waals surface area contributed by atoms with Crippen molar-refractivity contribution in [2.24, 2.45) is 0 Å². The highest BCUT2D eigenvalue weighted by Crippen LogP contribution is 2.42. The van der Waals surface area contributed by atoms with Gasteiger partial charge in [0, 0.05) is 35.6 Å². The number of halogens is 1. The maximum absolute atomic E-state index is 8.49. The summed E-state index contributed by atoms with van der Waals surface area (Å²) in [6.07, 6.45) is 6.25. The topological polar surface area (TPSA) is 114 Å². The molecule has 0 saturated heterocycles. The van der Waals surface area contributed by atoms with Gasteiger partial charge in [0.15, 0.2) is 0 Å². The Morgan fingerprint density at radius 3 is 2.37 bits per heavy atom. The number of rotatable bonds is 0. The predicted molar refractivity (Wildman–Crippen MR) is 86.6 cm³/mol. The lowest BCUT2D eigenvalue weighted by Gasteiger charge is -2.27. The van der Waals surface area contributed by atoms with Crippen LogP contribution in [0, 0.1) is 10.2 Å². The highest BCUT2D eigenvalue weighted by Gasteiger charge is 2.31. The molecule has 2 aromatic rings. The Labute approximate surface area is 157 Å². The number of allylic oxidation sites excluding steroid dienone is 3. The molecule has 0 radical (unpaired) electrons. The molecule has 1 aliphatic carbocycles. The van der Waals surface area contributed by atoms with Crippen molar-refractivity contribution in [1.29, 1.82) is 0 Å². The molecule has 0 amide bonds. The van der Waals surface area contributed by atoms with Gasteiger partial charge in [-0.05, 0) is 18.2 Å². The molecular weight excluding hydrogens is 372 g/mol. The third kappa shape index (κ3) is 4.05. The van der Waals surface area contributed by atoms with Gasteiger partial charge in [-0.15, -0.1) is 10.2 Å². The summed E-state index contributed by atoms with van der Waals surface area (Å²) in [6, 6.07) is 16.6. The zero-order chi connectivity index (χ0) is 19.0. The molecule has 6 nitrogen and oxygen atoms in total. The zero-order valence-corrected chi connectivity index (χ0v) is 14.8. The van der Waals surface area contributed by atoms with Gasteiger partial charge in [0.1, 0.15) is 11.5 Å². The Hall–Kier alpha value is -2.61. The summed E-state index contributed by atoms with van der Waals surface area (Å²) in [4.78, 5) is 0. The van der Waals surface area contributed by atoms with Gasteiger partial charge in [-0.1, -0.05) is 30.3 Å². The van der Waals surface area contributed by atoms with Crippen molar-refractivity contribution >= 4 is 6.08 Å². The summed E-state index contributed by atoms with van der Waals surface area (Å²) in [5, 5.41) is 0. The molecule has 3 aliphatic rings. The fourth-order valence-corrected chi connectivity index (χ4v) is 3.34. The van der Waals surface area contributed by atoms with E-state index in [1.54, 1.807) is 0 Å². The fraction of sp³-hybridized carbons (Fsp3) is 0.100.